The van der Waals surface area contributed by atoms with E-state index in [-0.39, 0.29) is 0 Å². The van der Waals surface area contributed by atoms with E-state index in [1.165, 1.54) is 50.7 Å². The van der Waals surface area contributed by atoms with Crippen LogP contribution in [0.15, 0.2) is 15.8 Å². The topological polar surface area (TPSA) is 73.6 Å². The molecule has 4 fully saturated rings. The van der Waals surface area contributed by atoms with Gasteiger partial charge in [0, 0.05) is 0 Å². The van der Waals surface area contributed by atoms with Crippen LogP contribution in [-0.4, -0.2) is 17.3 Å². The van der Waals surface area contributed by atoms with Crippen LogP contribution in [0.5, 0.6) is 0 Å². The van der Waals surface area contributed by atoms with E-state index in [9.17, 15) is 0 Å². The minimum absolute atomic E-state index is 0.386. The Kier molecular flexibility index (Phi) is 5.69. The number of aromatic nitrogens is 1. The number of rotatable bonds is 5. The van der Waals surface area contributed by atoms with Crippen molar-refractivity contribution in [2.24, 2.45) is 51.3 Å². The number of nitrogens with two attached hydrogens (primary N) is 1. The van der Waals surface area contributed by atoms with Crippen molar-refractivity contribution in [1.82, 2.24) is 4.98 Å². The highest BCUT2D eigenvalue weighted by Gasteiger charge is 2.59. The van der Waals surface area contributed by atoms with Gasteiger partial charge in [-0.25, -0.2) is 4.98 Å². The molecule has 1 aromatic heterocycles. The van der Waals surface area contributed by atoms with Gasteiger partial charge >= 0.3 is 0 Å². The molecule has 0 bridgehead atoms. The average molecular weight is 428 g/mol. The van der Waals surface area contributed by atoms with Crippen molar-refractivity contribution in [2.75, 3.05) is 6.61 Å². The third-order valence-electron chi connectivity index (χ3n) is 10.4. The second kappa shape index (κ2) is 8.20. The average Bonchev–Trinajstić information content (AvgIpc) is 3.35. The summed E-state index contributed by atoms with van der Waals surface area (Å²) in [6, 6.07) is 0. The summed E-state index contributed by atoms with van der Waals surface area (Å²) in [5, 5.41) is 4.55. The minimum atomic E-state index is 0.386. The zero-order chi connectivity index (χ0) is 21.6. The molecule has 0 spiro atoms. The standard InChI is InChI=1S/C26H41N3O2/c1-17-4-7-22-21-6-5-18-14-19(29-30-13-10-24-28-16-20(15-27)31-24)8-11-26(18,3)23(21)9-12-25(17,22)2/h16-18,21-23H,4-15,27H2,1-3H3/t17-,18?,21?,22?,23?,25+,26-/m0/s1. The van der Waals surface area contributed by atoms with Gasteiger partial charge in [-0.2, -0.15) is 0 Å². The van der Waals surface area contributed by atoms with Gasteiger partial charge < -0.3 is 15.0 Å². The first-order valence-electron chi connectivity index (χ1n) is 12.8. The van der Waals surface area contributed by atoms with Gasteiger partial charge in [0.15, 0.2) is 5.89 Å². The number of oxime groups is 1. The highest BCUT2D eigenvalue weighted by Crippen LogP contribution is 2.67. The minimum Gasteiger partial charge on any atom is -0.444 e. The Balaban J connectivity index is 1.19. The van der Waals surface area contributed by atoms with Gasteiger partial charge in [-0.1, -0.05) is 25.9 Å². The molecule has 7 atom stereocenters. The summed E-state index contributed by atoms with van der Waals surface area (Å²) in [5.74, 6) is 5.99. The Bertz CT molecular complexity index is 819. The van der Waals surface area contributed by atoms with E-state index >= 15 is 0 Å². The Labute approximate surface area is 187 Å². The largest absolute Gasteiger partial charge is 0.444 e. The summed E-state index contributed by atoms with van der Waals surface area (Å²) in [5.41, 5.74) is 7.97. The Hall–Kier alpha value is -1.36. The molecule has 0 aromatic carbocycles. The first kappa shape index (κ1) is 21.5. The van der Waals surface area contributed by atoms with Crippen LogP contribution in [0.2, 0.25) is 0 Å². The second-order valence-electron chi connectivity index (χ2n) is 11.5. The van der Waals surface area contributed by atoms with Crippen molar-refractivity contribution in [3.05, 3.63) is 17.8 Å². The summed E-state index contributed by atoms with van der Waals surface area (Å²) >= 11 is 0. The van der Waals surface area contributed by atoms with Crippen molar-refractivity contribution in [3.63, 3.8) is 0 Å². The van der Waals surface area contributed by atoms with E-state index in [0.717, 1.165) is 48.2 Å². The van der Waals surface area contributed by atoms with E-state index in [0.29, 0.717) is 36.3 Å². The maximum Gasteiger partial charge on any atom is 0.197 e. The first-order chi connectivity index (χ1) is 14.9. The first-order valence-corrected chi connectivity index (χ1v) is 12.8. The van der Waals surface area contributed by atoms with Gasteiger partial charge in [0.2, 0.25) is 0 Å². The van der Waals surface area contributed by atoms with Crippen molar-refractivity contribution in [3.8, 4) is 0 Å². The van der Waals surface area contributed by atoms with E-state index in [1.807, 2.05) is 0 Å². The Morgan fingerprint density at radius 1 is 1.13 bits per heavy atom. The molecule has 4 saturated carbocycles. The van der Waals surface area contributed by atoms with Crippen LogP contribution in [0.3, 0.4) is 0 Å². The second-order valence-corrected chi connectivity index (χ2v) is 11.5. The molecule has 4 aliphatic rings. The molecule has 1 aromatic rings. The summed E-state index contributed by atoms with van der Waals surface area (Å²) < 4.78 is 5.54. The molecule has 0 radical (unpaired) electrons. The van der Waals surface area contributed by atoms with Crippen LogP contribution in [0, 0.1) is 40.4 Å². The van der Waals surface area contributed by atoms with Gasteiger partial charge in [0.1, 0.15) is 12.4 Å². The Morgan fingerprint density at radius 2 is 1.97 bits per heavy atom. The van der Waals surface area contributed by atoms with Gasteiger partial charge in [-0.15, -0.1) is 0 Å². The van der Waals surface area contributed by atoms with Gasteiger partial charge in [0.05, 0.1) is 24.9 Å². The fraction of sp³-hybridized carbons (Fsp3) is 0.846. The summed E-state index contributed by atoms with van der Waals surface area (Å²) in [6.07, 6.45) is 14.5. The molecule has 1 heterocycles. The van der Waals surface area contributed by atoms with Gasteiger partial charge in [0.25, 0.3) is 0 Å². The molecule has 0 amide bonds. The smallest absolute Gasteiger partial charge is 0.197 e. The van der Waals surface area contributed by atoms with Crippen LogP contribution in [0.1, 0.15) is 90.2 Å². The lowest BCUT2D eigenvalue weighted by Gasteiger charge is -2.60. The number of hydrogen-bond donors (Lipinski definition) is 1. The molecule has 4 unspecified atom stereocenters. The predicted octanol–water partition coefficient (Wildman–Crippen LogP) is 5.73. The number of oxazole rings is 1. The lowest BCUT2D eigenvalue weighted by molar-refractivity contribution is -0.0994. The molecule has 4 aliphatic carbocycles. The SMILES string of the molecule is C[C@H]1CCC2C3CCC4CC(=NOCCc5ncc(CN)o5)CC[C@]4(C)C3CC[C@@]21C. The zero-order valence-corrected chi connectivity index (χ0v) is 19.7. The maximum absolute atomic E-state index is 5.68. The van der Waals surface area contributed by atoms with Crippen LogP contribution in [0.4, 0.5) is 0 Å². The van der Waals surface area contributed by atoms with Crippen molar-refractivity contribution >= 4 is 5.71 Å². The fourth-order valence-corrected chi connectivity index (χ4v) is 8.23. The monoisotopic (exact) mass is 427 g/mol. The fourth-order valence-electron chi connectivity index (χ4n) is 8.23. The van der Waals surface area contributed by atoms with Crippen LogP contribution in [0.25, 0.3) is 0 Å². The van der Waals surface area contributed by atoms with Gasteiger partial charge in [-0.3, -0.25) is 0 Å². The lowest BCUT2D eigenvalue weighted by Crippen LogP contribution is -2.53. The quantitative estimate of drug-likeness (QED) is 0.481. The summed E-state index contributed by atoms with van der Waals surface area (Å²) in [7, 11) is 0. The summed E-state index contributed by atoms with van der Waals surface area (Å²) in [6.45, 7) is 8.68. The molecular weight excluding hydrogens is 386 g/mol. The van der Waals surface area contributed by atoms with Crippen LogP contribution >= 0.6 is 0 Å². The molecule has 172 valence electrons. The molecule has 0 aliphatic heterocycles. The van der Waals surface area contributed by atoms with E-state index in [1.54, 1.807) is 6.20 Å². The highest BCUT2D eigenvalue weighted by molar-refractivity contribution is 5.85. The van der Waals surface area contributed by atoms with Crippen molar-refractivity contribution in [2.45, 2.75) is 91.5 Å². The summed E-state index contributed by atoms with van der Waals surface area (Å²) in [4.78, 5) is 9.91. The molecule has 0 saturated heterocycles. The highest BCUT2D eigenvalue weighted by atomic mass is 16.6. The number of hydrogen-bond acceptors (Lipinski definition) is 5. The lowest BCUT2D eigenvalue weighted by atomic mass is 9.45. The van der Waals surface area contributed by atoms with Crippen molar-refractivity contribution < 1.29 is 9.25 Å². The molecule has 2 N–H and O–H groups in total. The third-order valence-corrected chi connectivity index (χ3v) is 10.4. The normalized spacial score (nSPS) is 43.4. The van der Waals surface area contributed by atoms with E-state index in [4.69, 9.17) is 15.0 Å². The van der Waals surface area contributed by atoms with Gasteiger partial charge in [-0.05, 0) is 98.2 Å². The maximum atomic E-state index is 5.68. The molecule has 5 nitrogen and oxygen atoms in total. The molecule has 5 heteroatoms. The predicted molar refractivity (Wildman–Crippen MR) is 122 cm³/mol. The Morgan fingerprint density at radius 3 is 2.77 bits per heavy atom. The number of nitrogens with zero attached hydrogens (tertiary/aromatic N) is 2. The zero-order valence-electron chi connectivity index (χ0n) is 19.7. The van der Waals surface area contributed by atoms with Crippen LogP contribution < -0.4 is 5.73 Å². The third kappa shape index (κ3) is 3.65. The number of fused-ring (bicyclic) bond motifs is 5. The van der Waals surface area contributed by atoms with E-state index in [2.05, 4.69) is 30.9 Å². The van der Waals surface area contributed by atoms with Crippen LogP contribution in [-0.2, 0) is 17.8 Å². The van der Waals surface area contributed by atoms with E-state index < -0.39 is 0 Å². The molecule has 5 rings (SSSR count). The molecular formula is C26H41N3O2. The van der Waals surface area contributed by atoms with Crippen molar-refractivity contribution in [1.29, 1.82) is 0 Å². The molecule has 31 heavy (non-hydrogen) atoms.